The first kappa shape index (κ1) is 17.3. The number of hydrogen-bond acceptors (Lipinski definition) is 3. The molecule has 120 valence electrons. The largest absolute Gasteiger partial charge is 0.481 e. The molecule has 21 heavy (non-hydrogen) atoms. The molecule has 0 heterocycles. The number of carbonyl (C=O) groups is 3. The van der Waals surface area contributed by atoms with Gasteiger partial charge in [0.25, 0.3) is 0 Å². The molecule has 1 fully saturated rings. The van der Waals surface area contributed by atoms with Gasteiger partial charge in [-0.3, -0.25) is 9.59 Å². The summed E-state index contributed by atoms with van der Waals surface area (Å²) in [6.07, 6.45) is 4.96. The maximum absolute atomic E-state index is 11.8. The fourth-order valence-corrected chi connectivity index (χ4v) is 2.65. The maximum Gasteiger partial charge on any atom is 0.315 e. The van der Waals surface area contributed by atoms with Crippen molar-refractivity contribution in [2.24, 2.45) is 5.41 Å². The molecule has 4 N–H and O–H groups in total. The van der Waals surface area contributed by atoms with Crippen LogP contribution in [0.15, 0.2) is 0 Å². The number of urea groups is 1. The van der Waals surface area contributed by atoms with Crippen LogP contribution in [0, 0.1) is 5.41 Å². The molecule has 7 heteroatoms. The van der Waals surface area contributed by atoms with E-state index in [0.29, 0.717) is 12.8 Å². The van der Waals surface area contributed by atoms with Crippen molar-refractivity contribution in [2.75, 3.05) is 13.6 Å². The van der Waals surface area contributed by atoms with Crippen LogP contribution in [0.4, 0.5) is 4.79 Å². The van der Waals surface area contributed by atoms with Crippen LogP contribution in [0.2, 0.25) is 0 Å². The van der Waals surface area contributed by atoms with E-state index >= 15 is 0 Å². The molecule has 1 unspecified atom stereocenters. The van der Waals surface area contributed by atoms with Crippen molar-refractivity contribution in [2.45, 2.75) is 51.5 Å². The fourth-order valence-electron chi connectivity index (χ4n) is 2.65. The summed E-state index contributed by atoms with van der Waals surface area (Å²) in [6, 6.07) is -1.18. The molecule has 1 aliphatic carbocycles. The summed E-state index contributed by atoms with van der Waals surface area (Å²) >= 11 is 0. The Morgan fingerprint density at radius 2 is 1.71 bits per heavy atom. The summed E-state index contributed by atoms with van der Waals surface area (Å²) in [5.74, 6) is -1.16. The van der Waals surface area contributed by atoms with Crippen molar-refractivity contribution in [1.82, 2.24) is 16.0 Å². The lowest BCUT2D eigenvalue weighted by Gasteiger charge is -2.28. The molecule has 1 rings (SSSR count). The van der Waals surface area contributed by atoms with Crippen LogP contribution in [0.1, 0.15) is 45.4 Å². The van der Waals surface area contributed by atoms with Crippen LogP contribution >= 0.6 is 0 Å². The van der Waals surface area contributed by atoms with Crippen molar-refractivity contribution in [3.63, 3.8) is 0 Å². The van der Waals surface area contributed by atoms with E-state index in [4.69, 9.17) is 0 Å². The lowest BCUT2D eigenvalue weighted by atomic mass is 9.80. The van der Waals surface area contributed by atoms with Crippen molar-refractivity contribution in [3.05, 3.63) is 0 Å². The molecule has 0 aromatic heterocycles. The van der Waals surface area contributed by atoms with Gasteiger partial charge in [0.1, 0.15) is 6.04 Å². The highest BCUT2D eigenvalue weighted by atomic mass is 16.4. The second-order valence-electron chi connectivity index (χ2n) is 5.66. The predicted octanol–water partition coefficient (Wildman–Crippen LogP) is 0.845. The molecule has 1 atom stereocenters. The predicted molar refractivity (Wildman–Crippen MR) is 77.8 cm³/mol. The highest BCUT2D eigenvalue weighted by molar-refractivity contribution is 5.86. The number of carbonyl (C=O) groups excluding carboxylic acids is 2. The van der Waals surface area contributed by atoms with Gasteiger partial charge >= 0.3 is 12.0 Å². The smallest absolute Gasteiger partial charge is 0.315 e. The molecule has 1 saturated carbocycles. The molecule has 0 aliphatic heterocycles. The SMILES string of the molecule is CNC(=O)C(C)NC(=O)NCC1(C(=O)O)CCCCCC1. The molecule has 1 aliphatic rings. The van der Waals surface area contributed by atoms with E-state index in [1.807, 2.05) is 0 Å². The Balaban J connectivity index is 2.55. The third kappa shape index (κ3) is 4.91. The van der Waals surface area contributed by atoms with Crippen molar-refractivity contribution in [3.8, 4) is 0 Å². The summed E-state index contributed by atoms with van der Waals surface area (Å²) < 4.78 is 0. The van der Waals surface area contributed by atoms with Crippen LogP contribution < -0.4 is 16.0 Å². The Hall–Kier alpha value is -1.79. The number of carboxylic acids is 1. The molecular weight excluding hydrogens is 274 g/mol. The van der Waals surface area contributed by atoms with Gasteiger partial charge in [0.2, 0.25) is 5.91 Å². The Morgan fingerprint density at radius 1 is 1.14 bits per heavy atom. The van der Waals surface area contributed by atoms with E-state index in [0.717, 1.165) is 25.7 Å². The topological polar surface area (TPSA) is 108 Å². The van der Waals surface area contributed by atoms with E-state index in [1.165, 1.54) is 7.05 Å². The van der Waals surface area contributed by atoms with Gasteiger partial charge in [-0.15, -0.1) is 0 Å². The van der Waals surface area contributed by atoms with E-state index < -0.39 is 23.5 Å². The Labute approximate surface area is 124 Å². The second kappa shape index (κ2) is 7.85. The highest BCUT2D eigenvalue weighted by Gasteiger charge is 2.38. The third-order valence-corrected chi connectivity index (χ3v) is 4.09. The van der Waals surface area contributed by atoms with Gasteiger partial charge in [0.05, 0.1) is 5.41 Å². The quantitative estimate of drug-likeness (QED) is 0.564. The van der Waals surface area contributed by atoms with E-state index in [1.54, 1.807) is 6.92 Å². The van der Waals surface area contributed by atoms with Crippen LogP contribution in [0.5, 0.6) is 0 Å². The van der Waals surface area contributed by atoms with Crippen LogP contribution in [-0.4, -0.2) is 42.6 Å². The summed E-state index contributed by atoms with van der Waals surface area (Å²) in [4.78, 5) is 34.7. The monoisotopic (exact) mass is 299 g/mol. The summed E-state index contributed by atoms with van der Waals surface area (Å²) in [7, 11) is 1.49. The molecule has 3 amide bonds. The van der Waals surface area contributed by atoms with E-state index in [9.17, 15) is 19.5 Å². The number of rotatable bonds is 5. The lowest BCUT2D eigenvalue weighted by molar-refractivity contribution is -0.149. The Bertz CT molecular complexity index is 390. The number of carboxylic acid groups (broad SMARTS) is 1. The summed E-state index contributed by atoms with van der Waals surface area (Å²) in [6.45, 7) is 1.66. The number of nitrogens with one attached hydrogen (secondary N) is 3. The van der Waals surface area contributed by atoms with Gasteiger partial charge in [-0.05, 0) is 19.8 Å². The molecule has 0 saturated heterocycles. The second-order valence-corrected chi connectivity index (χ2v) is 5.66. The zero-order valence-corrected chi connectivity index (χ0v) is 12.7. The molecule has 0 aromatic rings. The standard InChI is InChI=1S/C14H25N3O4/c1-10(11(18)15-2)17-13(21)16-9-14(12(19)20)7-5-3-4-6-8-14/h10H,3-9H2,1-2H3,(H,15,18)(H,19,20)(H2,16,17,21). The van der Waals surface area contributed by atoms with E-state index in [2.05, 4.69) is 16.0 Å². The average Bonchev–Trinajstić information content (AvgIpc) is 2.70. The first-order valence-corrected chi connectivity index (χ1v) is 7.40. The van der Waals surface area contributed by atoms with Gasteiger partial charge < -0.3 is 21.1 Å². The minimum absolute atomic E-state index is 0.0919. The van der Waals surface area contributed by atoms with Crippen molar-refractivity contribution < 1.29 is 19.5 Å². The zero-order chi connectivity index (χ0) is 15.9. The highest BCUT2D eigenvalue weighted by Crippen LogP contribution is 2.34. The summed E-state index contributed by atoms with van der Waals surface area (Å²) in [5, 5.41) is 17.0. The molecule has 0 radical (unpaired) electrons. The van der Waals surface area contributed by atoms with Crippen molar-refractivity contribution >= 4 is 17.9 Å². The van der Waals surface area contributed by atoms with Gasteiger partial charge in [0.15, 0.2) is 0 Å². The Morgan fingerprint density at radius 3 is 2.19 bits per heavy atom. The lowest BCUT2D eigenvalue weighted by Crippen LogP contribution is -2.51. The minimum atomic E-state index is -0.885. The molecule has 7 nitrogen and oxygen atoms in total. The zero-order valence-electron chi connectivity index (χ0n) is 12.7. The number of aliphatic carboxylic acids is 1. The van der Waals surface area contributed by atoms with Gasteiger partial charge in [-0.25, -0.2) is 4.79 Å². The average molecular weight is 299 g/mol. The Kier molecular flexibility index (Phi) is 6.45. The van der Waals surface area contributed by atoms with Crippen LogP contribution in [0.3, 0.4) is 0 Å². The molecule has 0 spiro atoms. The number of amides is 3. The van der Waals surface area contributed by atoms with Crippen LogP contribution in [-0.2, 0) is 9.59 Å². The molecule has 0 bridgehead atoms. The maximum atomic E-state index is 11.8. The van der Waals surface area contributed by atoms with Gasteiger partial charge in [-0.1, -0.05) is 25.7 Å². The fraction of sp³-hybridized carbons (Fsp3) is 0.786. The number of likely N-dealkylation sites (N-methyl/N-ethyl adjacent to an activating group) is 1. The molecule has 0 aromatic carbocycles. The van der Waals surface area contributed by atoms with Gasteiger partial charge in [0, 0.05) is 13.6 Å². The first-order chi connectivity index (χ1) is 9.91. The van der Waals surface area contributed by atoms with Crippen LogP contribution in [0.25, 0.3) is 0 Å². The molecular formula is C14H25N3O4. The first-order valence-electron chi connectivity index (χ1n) is 7.40. The number of hydrogen-bond donors (Lipinski definition) is 4. The normalized spacial score (nSPS) is 19.0. The summed E-state index contributed by atoms with van der Waals surface area (Å²) in [5.41, 5.74) is -0.885. The van der Waals surface area contributed by atoms with E-state index in [-0.39, 0.29) is 12.5 Å². The third-order valence-electron chi connectivity index (χ3n) is 4.09. The van der Waals surface area contributed by atoms with Gasteiger partial charge in [-0.2, -0.15) is 0 Å². The minimum Gasteiger partial charge on any atom is -0.481 e. The van der Waals surface area contributed by atoms with Crippen molar-refractivity contribution in [1.29, 1.82) is 0 Å².